The number of carbonyl (C=O) groups excluding carboxylic acids is 2. The normalized spacial score (nSPS) is 11.9. The molecule has 1 atom stereocenters. The third-order valence-corrected chi connectivity index (χ3v) is 7.92. The molecule has 0 spiro atoms. The van der Waals surface area contributed by atoms with Crippen LogP contribution in [0.2, 0.25) is 0 Å². The number of primary amides is 1. The Hall–Kier alpha value is -5.84. The van der Waals surface area contributed by atoms with E-state index in [1.54, 1.807) is 49.6 Å². The predicted molar refractivity (Wildman–Crippen MR) is 189 cm³/mol. The molecule has 0 fully saturated rings. The lowest BCUT2D eigenvalue weighted by Gasteiger charge is -2.20. The van der Waals surface area contributed by atoms with Crippen molar-refractivity contribution in [3.63, 3.8) is 0 Å². The number of fused-ring (bicyclic) bond motifs is 1. The lowest BCUT2D eigenvalue weighted by atomic mass is 9.87. The van der Waals surface area contributed by atoms with Gasteiger partial charge in [-0.25, -0.2) is 4.98 Å². The quantitative estimate of drug-likeness (QED) is 0.0716. The third-order valence-electron chi connectivity index (χ3n) is 7.92. The number of ether oxygens (including phenoxy) is 2. The summed E-state index contributed by atoms with van der Waals surface area (Å²) < 4.78 is 13.2. The van der Waals surface area contributed by atoms with Gasteiger partial charge >= 0.3 is 0 Å². The van der Waals surface area contributed by atoms with Gasteiger partial charge in [0.15, 0.2) is 5.96 Å². The van der Waals surface area contributed by atoms with Gasteiger partial charge in [0.1, 0.15) is 29.1 Å². The number of benzene rings is 4. The highest BCUT2D eigenvalue weighted by atomic mass is 16.5. The average molecular weight is 648 g/mol. The molecule has 0 aliphatic heterocycles. The lowest BCUT2D eigenvalue weighted by molar-refractivity contribution is -0.121. The number of aliphatic imine (C=N–C) groups is 1. The van der Waals surface area contributed by atoms with E-state index in [2.05, 4.69) is 43.2 Å². The third kappa shape index (κ3) is 7.92. The fraction of sp³-hybridized carbons (Fsp3) is 0.243. The largest absolute Gasteiger partial charge is 0.497 e. The first-order chi connectivity index (χ1) is 22.9. The number of guanidine groups is 1. The number of nitrogens with two attached hydrogens (primary N) is 3. The number of hydrogen-bond acceptors (Lipinski definition) is 6. The van der Waals surface area contributed by atoms with Crippen LogP contribution in [0.1, 0.15) is 55.6 Å². The Bertz CT molecular complexity index is 1940. The summed E-state index contributed by atoms with van der Waals surface area (Å²) in [5, 5.41) is 2.90. The summed E-state index contributed by atoms with van der Waals surface area (Å²) in [6, 6.07) is 26.9. The summed E-state index contributed by atoms with van der Waals surface area (Å²) in [4.78, 5) is 35.2. The van der Waals surface area contributed by atoms with Crippen molar-refractivity contribution < 1.29 is 19.1 Å². The van der Waals surface area contributed by atoms with Crippen LogP contribution in [0.15, 0.2) is 96.0 Å². The molecule has 4 aromatic carbocycles. The number of hydrogen-bond donors (Lipinski definition) is 4. The van der Waals surface area contributed by atoms with Crippen molar-refractivity contribution in [2.75, 3.05) is 19.0 Å². The molecule has 0 bridgehead atoms. The van der Waals surface area contributed by atoms with E-state index in [1.165, 1.54) is 5.56 Å². The minimum Gasteiger partial charge on any atom is -0.497 e. The summed E-state index contributed by atoms with van der Waals surface area (Å²) in [6.45, 7) is 6.82. The molecule has 1 aromatic heterocycles. The van der Waals surface area contributed by atoms with Crippen LogP contribution in [-0.4, -0.2) is 41.0 Å². The van der Waals surface area contributed by atoms with Crippen LogP contribution in [-0.2, 0) is 10.2 Å². The van der Waals surface area contributed by atoms with Crippen LogP contribution in [0, 0.1) is 0 Å². The Morgan fingerprint density at radius 2 is 1.60 bits per heavy atom. The second-order valence-electron chi connectivity index (χ2n) is 12.5. The fourth-order valence-electron chi connectivity index (χ4n) is 5.39. The molecule has 0 saturated carbocycles. The van der Waals surface area contributed by atoms with Crippen LogP contribution in [0.5, 0.6) is 17.2 Å². The van der Waals surface area contributed by atoms with E-state index < -0.39 is 11.9 Å². The second kappa shape index (κ2) is 14.3. The zero-order valence-electron chi connectivity index (χ0n) is 27.6. The minimum atomic E-state index is -0.771. The fourth-order valence-corrected chi connectivity index (χ4v) is 5.39. The number of imidazole rings is 1. The molecular formula is C37H41N7O4. The van der Waals surface area contributed by atoms with E-state index >= 15 is 0 Å². The maximum absolute atomic E-state index is 13.2. The first kappa shape index (κ1) is 33.5. The number of nitrogens with zero attached hydrogens (tertiary/aromatic N) is 3. The second-order valence-corrected chi connectivity index (χ2v) is 12.5. The Balaban J connectivity index is 1.52. The number of carbonyl (C=O) groups is 2. The summed E-state index contributed by atoms with van der Waals surface area (Å²) in [5.41, 5.74) is 21.1. The van der Waals surface area contributed by atoms with E-state index in [9.17, 15) is 9.59 Å². The molecule has 2 amide bonds. The monoisotopic (exact) mass is 647 g/mol. The molecule has 11 nitrogen and oxygen atoms in total. The van der Waals surface area contributed by atoms with Crippen molar-refractivity contribution in [2.24, 2.45) is 22.2 Å². The van der Waals surface area contributed by atoms with Crippen LogP contribution in [0.25, 0.3) is 22.4 Å². The Kier molecular flexibility index (Phi) is 9.98. The van der Waals surface area contributed by atoms with Gasteiger partial charge in [0.2, 0.25) is 5.91 Å². The molecule has 48 heavy (non-hydrogen) atoms. The van der Waals surface area contributed by atoms with Crippen LogP contribution in [0.3, 0.4) is 0 Å². The molecule has 0 aliphatic carbocycles. The van der Waals surface area contributed by atoms with Crippen LogP contribution < -0.4 is 32.0 Å². The Labute approximate surface area is 279 Å². The standard InChI is InChI=1S/C37H41N7O4/c1-37(2,3)25-11-15-28(16-12-25)48-29-8-5-7-23(21-29)34-43-30-22-24(35(46)42-26-13-17-27(47-4)18-14-26)10-19-31(30)44(34)32(33(38)45)9-6-20-41-36(39)40/h5,7-8,10-19,21-22,32H,6,9,20H2,1-4H3,(H2,38,45)(H,42,46)(H4,39,40,41)/t32-/m0/s1. The highest BCUT2D eigenvalue weighted by Gasteiger charge is 2.25. The molecule has 248 valence electrons. The number of methoxy groups -OCH3 is 1. The number of nitrogens with one attached hydrogen (secondary N) is 1. The van der Waals surface area contributed by atoms with Gasteiger partial charge < -0.3 is 36.6 Å². The van der Waals surface area contributed by atoms with Gasteiger partial charge in [-0.2, -0.15) is 0 Å². The summed E-state index contributed by atoms with van der Waals surface area (Å²) in [6.07, 6.45) is 0.862. The van der Waals surface area contributed by atoms with Crippen molar-refractivity contribution in [3.05, 3.63) is 102 Å². The van der Waals surface area contributed by atoms with Crippen molar-refractivity contribution in [3.8, 4) is 28.6 Å². The Morgan fingerprint density at radius 3 is 2.25 bits per heavy atom. The van der Waals surface area contributed by atoms with E-state index in [0.717, 1.165) is 0 Å². The molecule has 5 rings (SSSR count). The minimum absolute atomic E-state index is 0.0218. The van der Waals surface area contributed by atoms with Gasteiger partial charge in [-0.1, -0.05) is 45.0 Å². The SMILES string of the molecule is COc1ccc(NC(=O)c2ccc3c(c2)nc(-c2cccc(Oc4ccc(C(C)(C)C)cc4)c2)n3[C@@H](CCCN=C(N)N)C(N)=O)cc1. The van der Waals surface area contributed by atoms with Gasteiger partial charge in [-0.05, 0) is 90.6 Å². The number of amides is 2. The van der Waals surface area contributed by atoms with Gasteiger partial charge in [-0.15, -0.1) is 0 Å². The molecule has 1 heterocycles. The molecule has 0 saturated heterocycles. The average Bonchev–Trinajstić information content (AvgIpc) is 3.43. The van der Waals surface area contributed by atoms with Crippen molar-refractivity contribution in [1.82, 2.24) is 9.55 Å². The van der Waals surface area contributed by atoms with E-state index in [1.807, 2.05) is 41.0 Å². The van der Waals surface area contributed by atoms with Crippen molar-refractivity contribution >= 4 is 34.5 Å². The van der Waals surface area contributed by atoms with Gasteiger partial charge in [-0.3, -0.25) is 14.6 Å². The number of anilines is 1. The van der Waals surface area contributed by atoms with E-state index in [-0.39, 0.29) is 17.3 Å². The zero-order chi connectivity index (χ0) is 34.4. The first-order valence-electron chi connectivity index (χ1n) is 15.6. The predicted octanol–water partition coefficient (Wildman–Crippen LogP) is 6.13. The van der Waals surface area contributed by atoms with E-state index in [0.29, 0.717) is 70.3 Å². The highest BCUT2D eigenvalue weighted by molar-refractivity contribution is 6.06. The molecule has 11 heteroatoms. The maximum Gasteiger partial charge on any atom is 0.255 e. The summed E-state index contributed by atoms with van der Waals surface area (Å²) >= 11 is 0. The molecule has 0 unspecified atom stereocenters. The van der Waals surface area contributed by atoms with Gasteiger partial charge in [0.05, 0.1) is 18.1 Å². The van der Waals surface area contributed by atoms with E-state index in [4.69, 9.17) is 31.7 Å². The molecular weight excluding hydrogens is 606 g/mol. The number of rotatable bonds is 12. The lowest BCUT2D eigenvalue weighted by Crippen LogP contribution is -2.27. The van der Waals surface area contributed by atoms with Gasteiger partial charge in [0.25, 0.3) is 5.91 Å². The number of aromatic nitrogens is 2. The molecule has 0 radical (unpaired) electrons. The van der Waals surface area contributed by atoms with Crippen molar-refractivity contribution in [1.29, 1.82) is 0 Å². The van der Waals surface area contributed by atoms with Crippen LogP contribution in [0.4, 0.5) is 5.69 Å². The summed E-state index contributed by atoms with van der Waals surface area (Å²) in [7, 11) is 1.58. The topological polar surface area (TPSA) is 173 Å². The van der Waals surface area contributed by atoms with Crippen molar-refractivity contribution in [2.45, 2.75) is 45.1 Å². The summed E-state index contributed by atoms with van der Waals surface area (Å²) in [5.74, 6) is 1.60. The maximum atomic E-state index is 13.2. The molecule has 7 N–H and O–H groups in total. The first-order valence-corrected chi connectivity index (χ1v) is 15.6. The highest BCUT2D eigenvalue weighted by Crippen LogP contribution is 2.34. The smallest absolute Gasteiger partial charge is 0.255 e. The molecule has 5 aromatic rings. The Morgan fingerprint density at radius 1 is 0.896 bits per heavy atom. The van der Waals surface area contributed by atoms with Gasteiger partial charge in [0, 0.05) is 23.4 Å². The zero-order valence-corrected chi connectivity index (χ0v) is 27.6. The van der Waals surface area contributed by atoms with Crippen LogP contribution >= 0.6 is 0 Å². The molecule has 0 aliphatic rings.